The average molecular weight is 340 g/mol. The largest absolute Gasteiger partial charge is 0.394 e. The van der Waals surface area contributed by atoms with Crippen molar-refractivity contribution in [3.8, 4) is 0 Å². The number of nitrogens with zero attached hydrogens (tertiary/aromatic N) is 3. The van der Waals surface area contributed by atoms with Crippen molar-refractivity contribution in [1.29, 1.82) is 0 Å². The Morgan fingerprint density at radius 2 is 2.12 bits per heavy atom. The first-order valence-corrected chi connectivity index (χ1v) is 7.57. The molecule has 2 rings (SSSR count). The third-order valence-corrected chi connectivity index (χ3v) is 3.77. The molecule has 9 heteroatoms. The fraction of sp³-hybridized carbons (Fsp3) is 0.600. The second-order valence-electron chi connectivity index (χ2n) is 6.23. The fourth-order valence-corrected chi connectivity index (χ4v) is 2.71. The highest BCUT2D eigenvalue weighted by atomic mass is 16.6. The van der Waals surface area contributed by atoms with E-state index in [2.05, 4.69) is 4.98 Å². The van der Waals surface area contributed by atoms with Crippen molar-refractivity contribution in [2.45, 2.75) is 31.5 Å². The molecule has 1 aromatic rings. The van der Waals surface area contributed by atoms with Crippen LogP contribution in [0.5, 0.6) is 0 Å². The second kappa shape index (κ2) is 7.41. The summed E-state index contributed by atoms with van der Waals surface area (Å²) in [6.07, 6.45) is -1.53. The number of nitrogens with two attached hydrogens (primary N) is 1. The molecule has 1 aromatic heterocycles. The van der Waals surface area contributed by atoms with Crippen molar-refractivity contribution in [1.82, 2.24) is 14.5 Å². The lowest BCUT2D eigenvalue weighted by Crippen LogP contribution is -2.36. The number of aromatic nitrogens is 2. The molecule has 1 fully saturated rings. The number of rotatable bonds is 5. The van der Waals surface area contributed by atoms with E-state index in [-0.39, 0.29) is 5.82 Å². The van der Waals surface area contributed by atoms with E-state index >= 15 is 0 Å². The van der Waals surface area contributed by atoms with Crippen LogP contribution in [0.3, 0.4) is 0 Å². The minimum absolute atomic E-state index is 0.0705. The molecule has 0 bridgehead atoms. The Labute approximate surface area is 139 Å². The molecule has 5 N–H and O–H groups in total. The summed E-state index contributed by atoms with van der Waals surface area (Å²) in [5.74, 6) is 0.0705. The summed E-state index contributed by atoms with van der Waals surface area (Å²) >= 11 is 0. The van der Waals surface area contributed by atoms with Crippen LogP contribution < -0.4 is 11.4 Å². The molecule has 2 heterocycles. The Kier molecular flexibility index (Phi) is 5.73. The minimum Gasteiger partial charge on any atom is -0.394 e. The minimum atomic E-state index is -1.36. The molecule has 1 aliphatic heterocycles. The van der Waals surface area contributed by atoms with Gasteiger partial charge in [0.15, 0.2) is 6.23 Å². The molecule has 0 aromatic carbocycles. The van der Waals surface area contributed by atoms with Crippen LogP contribution in [0.4, 0.5) is 5.82 Å². The van der Waals surface area contributed by atoms with Gasteiger partial charge < -0.3 is 30.7 Å². The number of aliphatic hydroxyl groups excluding tert-OH is 3. The van der Waals surface area contributed by atoms with Gasteiger partial charge in [-0.2, -0.15) is 4.98 Å². The van der Waals surface area contributed by atoms with Gasteiger partial charge in [0.1, 0.15) is 24.1 Å². The Morgan fingerprint density at radius 1 is 1.46 bits per heavy atom. The third-order valence-electron chi connectivity index (χ3n) is 3.77. The predicted octanol–water partition coefficient (Wildman–Crippen LogP) is -1.60. The molecule has 0 radical (unpaired) electrons. The normalized spacial score (nSPS) is 27.9. The zero-order chi connectivity index (χ0) is 18.0. The number of likely N-dealkylation sites (N-methyl/N-ethyl adjacent to an activating group) is 1. The second-order valence-corrected chi connectivity index (χ2v) is 6.23. The highest BCUT2D eigenvalue weighted by Gasteiger charge is 2.43. The summed E-state index contributed by atoms with van der Waals surface area (Å²) in [5, 5.41) is 29.1. The van der Waals surface area contributed by atoms with Crippen molar-refractivity contribution in [3.63, 3.8) is 0 Å². The van der Waals surface area contributed by atoms with E-state index in [0.29, 0.717) is 12.1 Å². The van der Waals surface area contributed by atoms with E-state index in [9.17, 15) is 15.0 Å². The molecule has 1 aliphatic rings. The van der Waals surface area contributed by atoms with E-state index in [1.165, 1.54) is 6.20 Å². The van der Waals surface area contributed by atoms with Crippen molar-refractivity contribution in [2.24, 2.45) is 0 Å². The van der Waals surface area contributed by atoms with Crippen molar-refractivity contribution in [3.05, 3.63) is 27.8 Å². The number of hydrogen-bond donors (Lipinski definition) is 4. The zero-order valence-corrected chi connectivity index (χ0v) is 14.0. The number of anilines is 1. The highest BCUT2D eigenvalue weighted by molar-refractivity contribution is 5.61. The smallest absolute Gasteiger partial charge is 0.351 e. The standard InChI is InChI=1S/C15H24N4O5/c1-8(5-18(2)3)4-9-6-19(15(23)17-13(9)16)14-12(22)11(21)10(7-20)24-14/h4,6,10-12,14,20-22H,5,7H2,1-3H3,(H2,16,17,23)/t10-,11?,12?,14-/m1/s1. The Bertz CT molecular complexity index is 672. The van der Waals surface area contributed by atoms with Gasteiger partial charge in [-0.25, -0.2) is 4.79 Å². The van der Waals surface area contributed by atoms with Crippen LogP contribution in [0.2, 0.25) is 0 Å². The van der Waals surface area contributed by atoms with Crippen LogP contribution in [0, 0.1) is 0 Å². The quantitative estimate of drug-likeness (QED) is 0.504. The zero-order valence-electron chi connectivity index (χ0n) is 14.0. The van der Waals surface area contributed by atoms with Crippen molar-refractivity contribution < 1.29 is 20.1 Å². The molecule has 1 saturated heterocycles. The maximum Gasteiger partial charge on any atom is 0.351 e. The van der Waals surface area contributed by atoms with E-state index in [0.717, 1.165) is 10.1 Å². The summed E-state index contributed by atoms with van der Waals surface area (Å²) in [6.45, 7) is 2.15. The maximum absolute atomic E-state index is 12.1. The van der Waals surface area contributed by atoms with Gasteiger partial charge >= 0.3 is 5.69 Å². The lowest BCUT2D eigenvalue weighted by molar-refractivity contribution is -0.0549. The molecule has 0 spiro atoms. The van der Waals surface area contributed by atoms with Crippen molar-refractivity contribution >= 4 is 11.9 Å². The lowest BCUT2D eigenvalue weighted by Gasteiger charge is -2.18. The molecule has 134 valence electrons. The molecule has 4 atom stereocenters. The van der Waals surface area contributed by atoms with Gasteiger partial charge in [0.05, 0.1) is 6.61 Å². The molecule has 0 aliphatic carbocycles. The predicted molar refractivity (Wildman–Crippen MR) is 88.1 cm³/mol. The van der Waals surface area contributed by atoms with Gasteiger partial charge in [-0.15, -0.1) is 0 Å². The van der Waals surface area contributed by atoms with Gasteiger partial charge in [0.2, 0.25) is 0 Å². The summed E-state index contributed by atoms with van der Waals surface area (Å²) in [4.78, 5) is 17.8. The lowest BCUT2D eigenvalue weighted by atomic mass is 10.1. The first kappa shape index (κ1) is 18.6. The SMILES string of the molecule is CC(=Cc1cn([C@@H]2O[C@H](CO)C(O)C2O)c(=O)nc1N)CN(C)C. The van der Waals surface area contributed by atoms with Crippen LogP contribution in [0.15, 0.2) is 16.6 Å². The maximum atomic E-state index is 12.1. The molecule has 9 nitrogen and oxygen atoms in total. The first-order valence-electron chi connectivity index (χ1n) is 7.57. The van der Waals surface area contributed by atoms with E-state index in [1.807, 2.05) is 25.9 Å². The Balaban J connectivity index is 2.39. The third kappa shape index (κ3) is 3.82. The van der Waals surface area contributed by atoms with Crippen LogP contribution in [0.1, 0.15) is 18.7 Å². The number of ether oxygens (including phenoxy) is 1. The van der Waals surface area contributed by atoms with Gasteiger partial charge in [-0.05, 0) is 27.1 Å². The molecular weight excluding hydrogens is 316 g/mol. The monoisotopic (exact) mass is 340 g/mol. The number of nitrogen functional groups attached to an aromatic ring is 1. The van der Waals surface area contributed by atoms with E-state index in [1.54, 1.807) is 6.08 Å². The molecule has 2 unspecified atom stereocenters. The summed E-state index contributed by atoms with van der Waals surface area (Å²) in [5.41, 5.74) is 6.61. The molecular formula is C15H24N4O5. The van der Waals surface area contributed by atoms with Crippen LogP contribution >= 0.6 is 0 Å². The van der Waals surface area contributed by atoms with Gasteiger partial charge in [-0.3, -0.25) is 4.57 Å². The molecule has 0 saturated carbocycles. The van der Waals surface area contributed by atoms with Crippen LogP contribution in [-0.4, -0.2) is 75.3 Å². The first-order chi connectivity index (χ1) is 11.2. The number of hydrogen-bond acceptors (Lipinski definition) is 8. The number of aliphatic hydroxyl groups is 3. The highest BCUT2D eigenvalue weighted by Crippen LogP contribution is 2.28. The molecule has 24 heavy (non-hydrogen) atoms. The fourth-order valence-electron chi connectivity index (χ4n) is 2.71. The van der Waals surface area contributed by atoms with E-state index < -0.39 is 36.8 Å². The summed E-state index contributed by atoms with van der Waals surface area (Å²) in [7, 11) is 3.86. The summed E-state index contributed by atoms with van der Waals surface area (Å²) < 4.78 is 6.45. The van der Waals surface area contributed by atoms with Crippen molar-refractivity contribution in [2.75, 3.05) is 33.0 Å². The summed E-state index contributed by atoms with van der Waals surface area (Å²) in [6, 6.07) is 0. The molecule has 0 amide bonds. The Hall–Kier alpha value is -1.78. The van der Waals surface area contributed by atoms with Crippen LogP contribution in [0.25, 0.3) is 6.08 Å². The van der Waals surface area contributed by atoms with E-state index in [4.69, 9.17) is 15.6 Å². The van der Waals surface area contributed by atoms with Gasteiger partial charge in [-0.1, -0.05) is 5.57 Å². The average Bonchev–Trinajstić information content (AvgIpc) is 2.77. The topological polar surface area (TPSA) is 134 Å². The Morgan fingerprint density at radius 3 is 2.67 bits per heavy atom. The van der Waals surface area contributed by atoms with Crippen LogP contribution in [-0.2, 0) is 4.74 Å². The van der Waals surface area contributed by atoms with Gasteiger partial charge in [0, 0.05) is 18.3 Å². The van der Waals surface area contributed by atoms with Gasteiger partial charge in [0.25, 0.3) is 0 Å².